The van der Waals surface area contributed by atoms with Gasteiger partial charge in [-0.3, -0.25) is 9.69 Å². The van der Waals surface area contributed by atoms with E-state index in [0.717, 1.165) is 0 Å². The quantitative estimate of drug-likeness (QED) is 0.924. The summed E-state index contributed by atoms with van der Waals surface area (Å²) in [5.41, 5.74) is -0.167. The summed E-state index contributed by atoms with van der Waals surface area (Å²) in [4.78, 5) is 13.3. The lowest BCUT2D eigenvalue weighted by Crippen LogP contribution is -2.34. The number of carbonyl (C=O) groups is 1. The van der Waals surface area contributed by atoms with Gasteiger partial charge in [-0.25, -0.2) is 4.39 Å². The summed E-state index contributed by atoms with van der Waals surface area (Å²) < 4.78 is 13.7. The van der Waals surface area contributed by atoms with E-state index >= 15 is 0 Å². The summed E-state index contributed by atoms with van der Waals surface area (Å²) in [6.07, 6.45) is 1.21. The summed E-state index contributed by atoms with van der Waals surface area (Å²) >= 11 is 5.86. The van der Waals surface area contributed by atoms with Crippen molar-refractivity contribution in [3.63, 3.8) is 0 Å². The average Bonchev–Trinajstić information content (AvgIpc) is 2.79. The summed E-state index contributed by atoms with van der Waals surface area (Å²) in [6.45, 7) is 3.43. The first-order chi connectivity index (χ1) is 8.97. The van der Waals surface area contributed by atoms with E-state index in [2.05, 4.69) is 0 Å². The van der Waals surface area contributed by atoms with E-state index in [0.29, 0.717) is 43.1 Å². The van der Waals surface area contributed by atoms with E-state index in [1.807, 2.05) is 11.8 Å². The number of aliphatic carboxylic acids is 1. The molecule has 1 saturated heterocycles. The molecule has 0 aliphatic carbocycles. The Hall–Kier alpha value is -1.13. The van der Waals surface area contributed by atoms with Gasteiger partial charge in [0, 0.05) is 23.7 Å². The predicted octanol–water partition coefficient (Wildman–Crippen LogP) is 3.17. The van der Waals surface area contributed by atoms with Gasteiger partial charge in [0.1, 0.15) is 5.82 Å². The minimum atomic E-state index is -0.760. The minimum absolute atomic E-state index is 0.297. The number of rotatable bonds is 4. The van der Waals surface area contributed by atoms with Gasteiger partial charge in [-0.05, 0) is 37.6 Å². The molecule has 0 aromatic heterocycles. The second kappa shape index (κ2) is 5.47. The number of halogens is 2. The summed E-state index contributed by atoms with van der Waals surface area (Å²) in [6, 6.07) is 4.46. The summed E-state index contributed by atoms with van der Waals surface area (Å²) in [5, 5.41) is 9.82. The van der Waals surface area contributed by atoms with Crippen molar-refractivity contribution >= 4 is 17.6 Å². The zero-order valence-electron chi connectivity index (χ0n) is 10.8. The number of likely N-dealkylation sites (tertiary alicyclic amines) is 1. The first kappa shape index (κ1) is 14.3. The van der Waals surface area contributed by atoms with Crippen LogP contribution in [0.1, 0.15) is 25.3 Å². The maximum absolute atomic E-state index is 13.7. The Morgan fingerprint density at radius 1 is 1.58 bits per heavy atom. The van der Waals surface area contributed by atoms with Gasteiger partial charge in [-0.2, -0.15) is 0 Å². The van der Waals surface area contributed by atoms with Crippen LogP contribution in [0.3, 0.4) is 0 Å². The Bertz CT molecular complexity index is 494. The third-order valence-electron chi connectivity index (χ3n) is 3.97. The molecule has 0 radical (unpaired) electrons. The van der Waals surface area contributed by atoms with Crippen molar-refractivity contribution in [2.75, 3.05) is 13.1 Å². The summed E-state index contributed by atoms with van der Waals surface area (Å²) in [7, 11) is 0. The van der Waals surface area contributed by atoms with Gasteiger partial charge in [0.05, 0.1) is 5.41 Å². The van der Waals surface area contributed by atoms with Crippen molar-refractivity contribution in [3.8, 4) is 0 Å². The van der Waals surface area contributed by atoms with Gasteiger partial charge >= 0.3 is 5.97 Å². The number of carboxylic acids is 1. The monoisotopic (exact) mass is 285 g/mol. The molecule has 104 valence electrons. The smallest absolute Gasteiger partial charge is 0.310 e. The molecule has 1 aromatic carbocycles. The molecule has 2 rings (SSSR count). The second-order valence-electron chi connectivity index (χ2n) is 5.14. The Balaban J connectivity index is 2.10. The fourth-order valence-electron chi connectivity index (χ4n) is 2.61. The van der Waals surface area contributed by atoms with Gasteiger partial charge in [-0.1, -0.05) is 18.5 Å². The molecule has 0 spiro atoms. The molecule has 5 heteroatoms. The maximum Gasteiger partial charge on any atom is 0.310 e. The lowest BCUT2D eigenvalue weighted by Gasteiger charge is -2.23. The molecule has 1 aliphatic heterocycles. The fraction of sp³-hybridized carbons (Fsp3) is 0.500. The molecule has 1 unspecified atom stereocenters. The zero-order valence-corrected chi connectivity index (χ0v) is 11.6. The lowest BCUT2D eigenvalue weighted by atomic mass is 9.84. The Morgan fingerprint density at radius 2 is 2.32 bits per heavy atom. The first-order valence-electron chi connectivity index (χ1n) is 6.36. The third kappa shape index (κ3) is 2.90. The van der Waals surface area contributed by atoms with Crippen LogP contribution in [0.4, 0.5) is 4.39 Å². The Morgan fingerprint density at radius 3 is 2.89 bits per heavy atom. The number of hydrogen-bond acceptors (Lipinski definition) is 2. The number of benzene rings is 1. The molecule has 3 nitrogen and oxygen atoms in total. The molecular formula is C14H17ClFNO2. The van der Waals surface area contributed by atoms with Crippen LogP contribution in [0.15, 0.2) is 18.2 Å². The van der Waals surface area contributed by atoms with Crippen LogP contribution in [0.5, 0.6) is 0 Å². The van der Waals surface area contributed by atoms with Crippen molar-refractivity contribution in [3.05, 3.63) is 34.6 Å². The molecular weight excluding hydrogens is 269 g/mol. The number of hydrogen-bond donors (Lipinski definition) is 1. The molecule has 1 atom stereocenters. The van der Waals surface area contributed by atoms with Gasteiger partial charge in [0.2, 0.25) is 0 Å². The Labute approximate surface area is 117 Å². The van der Waals surface area contributed by atoms with Crippen molar-refractivity contribution in [1.82, 2.24) is 4.90 Å². The van der Waals surface area contributed by atoms with Crippen molar-refractivity contribution in [2.24, 2.45) is 5.41 Å². The molecule has 1 heterocycles. The van der Waals surface area contributed by atoms with Crippen molar-refractivity contribution in [2.45, 2.75) is 26.3 Å². The molecule has 1 fully saturated rings. The number of nitrogens with zero attached hydrogens (tertiary/aromatic N) is 1. The normalized spacial score (nSPS) is 23.7. The van der Waals surface area contributed by atoms with Gasteiger partial charge < -0.3 is 5.11 Å². The highest BCUT2D eigenvalue weighted by Gasteiger charge is 2.43. The van der Waals surface area contributed by atoms with E-state index in [4.69, 9.17) is 11.6 Å². The molecule has 0 bridgehead atoms. The predicted molar refractivity (Wildman–Crippen MR) is 71.7 cm³/mol. The maximum atomic E-state index is 13.7. The highest BCUT2D eigenvalue weighted by atomic mass is 35.5. The van der Waals surface area contributed by atoms with Crippen LogP contribution in [-0.2, 0) is 11.3 Å². The fourth-order valence-corrected chi connectivity index (χ4v) is 2.81. The Kier molecular flexibility index (Phi) is 4.11. The molecule has 1 N–H and O–H groups in total. The van der Waals surface area contributed by atoms with Crippen LogP contribution >= 0.6 is 11.6 Å². The molecule has 19 heavy (non-hydrogen) atoms. The second-order valence-corrected chi connectivity index (χ2v) is 5.57. The van der Waals surface area contributed by atoms with Gasteiger partial charge in [0.25, 0.3) is 0 Å². The van der Waals surface area contributed by atoms with Crippen LogP contribution < -0.4 is 0 Å². The van der Waals surface area contributed by atoms with Gasteiger partial charge in [0.15, 0.2) is 0 Å². The van der Waals surface area contributed by atoms with E-state index in [-0.39, 0.29) is 5.82 Å². The van der Waals surface area contributed by atoms with E-state index < -0.39 is 11.4 Å². The van der Waals surface area contributed by atoms with E-state index in [9.17, 15) is 14.3 Å². The highest BCUT2D eigenvalue weighted by molar-refractivity contribution is 6.30. The average molecular weight is 286 g/mol. The molecule has 1 aliphatic rings. The zero-order chi connectivity index (χ0) is 14.0. The molecule has 1 aromatic rings. The third-order valence-corrected chi connectivity index (χ3v) is 4.20. The SMILES string of the molecule is CCC1(C(=O)O)CCN(Cc2cc(Cl)ccc2F)C1. The highest BCUT2D eigenvalue weighted by Crippen LogP contribution is 2.35. The largest absolute Gasteiger partial charge is 0.481 e. The standard InChI is InChI=1S/C14H17ClFNO2/c1-2-14(13(18)19)5-6-17(9-14)8-10-7-11(15)3-4-12(10)16/h3-4,7H,2,5-6,8-9H2,1H3,(H,18,19). The van der Waals surface area contributed by atoms with Crippen LogP contribution in [-0.4, -0.2) is 29.1 Å². The summed E-state index contributed by atoms with van der Waals surface area (Å²) in [5.74, 6) is -1.06. The van der Waals surface area contributed by atoms with Gasteiger partial charge in [-0.15, -0.1) is 0 Å². The van der Waals surface area contributed by atoms with E-state index in [1.54, 1.807) is 6.07 Å². The van der Waals surface area contributed by atoms with Crippen molar-refractivity contribution in [1.29, 1.82) is 0 Å². The van der Waals surface area contributed by atoms with Crippen LogP contribution in [0.2, 0.25) is 5.02 Å². The number of carboxylic acid groups (broad SMARTS) is 1. The molecule has 0 saturated carbocycles. The van der Waals surface area contributed by atoms with Crippen LogP contribution in [0, 0.1) is 11.2 Å². The topological polar surface area (TPSA) is 40.5 Å². The first-order valence-corrected chi connectivity index (χ1v) is 6.74. The molecule has 0 amide bonds. The van der Waals surface area contributed by atoms with Crippen molar-refractivity contribution < 1.29 is 14.3 Å². The van der Waals surface area contributed by atoms with E-state index in [1.165, 1.54) is 12.1 Å². The lowest BCUT2D eigenvalue weighted by molar-refractivity contribution is -0.148. The minimum Gasteiger partial charge on any atom is -0.481 e. The van der Waals surface area contributed by atoms with Crippen LogP contribution in [0.25, 0.3) is 0 Å².